The van der Waals surface area contributed by atoms with Crippen molar-refractivity contribution < 1.29 is 0 Å². The zero-order valence-electron chi connectivity index (χ0n) is 8.81. The van der Waals surface area contributed by atoms with Crippen LogP contribution in [-0.2, 0) is 6.54 Å². The van der Waals surface area contributed by atoms with Gasteiger partial charge in [0.15, 0.2) is 0 Å². The van der Waals surface area contributed by atoms with Crippen molar-refractivity contribution >= 4 is 5.82 Å². The second kappa shape index (κ2) is 4.08. The molecule has 0 aliphatic rings. The van der Waals surface area contributed by atoms with Crippen LogP contribution in [0.3, 0.4) is 0 Å². The third kappa shape index (κ3) is 1.96. The van der Waals surface area contributed by atoms with Gasteiger partial charge in [-0.15, -0.1) is 0 Å². The van der Waals surface area contributed by atoms with E-state index in [-0.39, 0.29) is 0 Å². The van der Waals surface area contributed by atoms with Crippen molar-refractivity contribution in [3.63, 3.8) is 0 Å². The summed E-state index contributed by atoms with van der Waals surface area (Å²) in [5.74, 6) is 0.809. The zero-order valence-corrected chi connectivity index (χ0v) is 8.81. The number of nitrogens with zero attached hydrogens (tertiary/aromatic N) is 4. The van der Waals surface area contributed by atoms with Gasteiger partial charge in [0.1, 0.15) is 12.1 Å². The first kappa shape index (κ1) is 9.64. The molecule has 0 spiro atoms. The molecule has 0 saturated heterocycles. The second-order valence-corrected chi connectivity index (χ2v) is 3.12. The second-order valence-electron chi connectivity index (χ2n) is 3.12. The van der Waals surface area contributed by atoms with Crippen molar-refractivity contribution in [1.29, 1.82) is 0 Å². The molecule has 2 heterocycles. The fourth-order valence-corrected chi connectivity index (χ4v) is 1.32. The van der Waals surface area contributed by atoms with Gasteiger partial charge in [-0.2, -0.15) is 5.10 Å². The van der Waals surface area contributed by atoms with Gasteiger partial charge in [-0.3, -0.25) is 4.68 Å². The van der Waals surface area contributed by atoms with E-state index < -0.39 is 0 Å². The van der Waals surface area contributed by atoms with Crippen molar-refractivity contribution in [3.8, 4) is 11.3 Å². The van der Waals surface area contributed by atoms with E-state index in [1.807, 2.05) is 30.2 Å². The Kier molecular flexibility index (Phi) is 2.62. The van der Waals surface area contributed by atoms with E-state index in [2.05, 4.69) is 27.3 Å². The third-order valence-corrected chi connectivity index (χ3v) is 2.18. The van der Waals surface area contributed by atoms with Crippen molar-refractivity contribution in [2.24, 2.45) is 0 Å². The van der Waals surface area contributed by atoms with Crippen molar-refractivity contribution in [2.45, 2.75) is 13.5 Å². The molecule has 0 unspecified atom stereocenters. The fraction of sp³-hybridized carbons (Fsp3) is 0.300. The smallest absolute Gasteiger partial charge is 0.129 e. The predicted molar refractivity (Wildman–Crippen MR) is 58.5 cm³/mol. The highest BCUT2D eigenvalue weighted by Crippen LogP contribution is 2.17. The van der Waals surface area contributed by atoms with E-state index >= 15 is 0 Å². The van der Waals surface area contributed by atoms with Crippen molar-refractivity contribution in [3.05, 3.63) is 24.8 Å². The number of rotatable bonds is 3. The van der Waals surface area contributed by atoms with Gasteiger partial charge < -0.3 is 5.32 Å². The Hall–Kier alpha value is -1.91. The van der Waals surface area contributed by atoms with Crippen LogP contribution < -0.4 is 5.32 Å². The summed E-state index contributed by atoms with van der Waals surface area (Å²) >= 11 is 0. The van der Waals surface area contributed by atoms with Crippen LogP contribution in [-0.4, -0.2) is 26.8 Å². The number of anilines is 1. The highest BCUT2D eigenvalue weighted by Gasteiger charge is 2.03. The summed E-state index contributed by atoms with van der Waals surface area (Å²) in [6.45, 7) is 2.92. The van der Waals surface area contributed by atoms with Crippen LogP contribution in [0.15, 0.2) is 24.8 Å². The molecule has 2 aromatic heterocycles. The zero-order chi connectivity index (χ0) is 10.7. The first-order chi connectivity index (χ1) is 7.33. The average molecular weight is 203 g/mol. The molecule has 0 amide bonds. The van der Waals surface area contributed by atoms with E-state index in [0.717, 1.165) is 23.6 Å². The molecule has 0 radical (unpaired) electrons. The quantitative estimate of drug-likeness (QED) is 0.819. The first-order valence-corrected chi connectivity index (χ1v) is 4.86. The standard InChI is InChI=1S/C10H13N5/c1-3-15-6-8(5-14-15)9-4-10(11-2)13-7-12-9/h4-7H,3H2,1-2H3,(H,11,12,13). The molecule has 5 nitrogen and oxygen atoms in total. The van der Waals surface area contributed by atoms with Gasteiger partial charge in [0, 0.05) is 31.4 Å². The molecule has 0 atom stereocenters. The van der Waals surface area contributed by atoms with Crippen LogP contribution in [0.5, 0.6) is 0 Å². The van der Waals surface area contributed by atoms with E-state index in [4.69, 9.17) is 0 Å². The molecule has 0 aromatic carbocycles. The highest BCUT2D eigenvalue weighted by molar-refractivity contribution is 5.60. The first-order valence-electron chi connectivity index (χ1n) is 4.86. The maximum absolute atomic E-state index is 4.20. The largest absolute Gasteiger partial charge is 0.373 e. The Morgan fingerprint density at radius 1 is 1.40 bits per heavy atom. The number of aromatic nitrogens is 4. The lowest BCUT2D eigenvalue weighted by Crippen LogP contribution is -1.94. The lowest BCUT2D eigenvalue weighted by Gasteiger charge is -2.00. The van der Waals surface area contributed by atoms with Crippen LogP contribution in [0.2, 0.25) is 0 Å². The van der Waals surface area contributed by atoms with Gasteiger partial charge in [-0.1, -0.05) is 0 Å². The summed E-state index contributed by atoms with van der Waals surface area (Å²) in [5, 5.41) is 7.18. The molecule has 1 N–H and O–H groups in total. The Morgan fingerprint density at radius 3 is 2.93 bits per heavy atom. The lowest BCUT2D eigenvalue weighted by molar-refractivity contribution is 0.660. The van der Waals surface area contributed by atoms with E-state index in [0.29, 0.717) is 0 Å². The minimum atomic E-state index is 0.809. The summed E-state index contributed by atoms with van der Waals surface area (Å²) in [7, 11) is 1.83. The molecule has 0 aliphatic carbocycles. The molecular formula is C10H13N5. The molecule has 2 aromatic rings. The van der Waals surface area contributed by atoms with Crippen LogP contribution in [0, 0.1) is 0 Å². The van der Waals surface area contributed by atoms with Gasteiger partial charge in [-0.25, -0.2) is 9.97 Å². The van der Waals surface area contributed by atoms with Crippen molar-refractivity contribution in [2.75, 3.05) is 12.4 Å². The summed E-state index contributed by atoms with van der Waals surface area (Å²) in [5.41, 5.74) is 1.89. The summed E-state index contributed by atoms with van der Waals surface area (Å²) in [6.07, 6.45) is 5.33. The minimum absolute atomic E-state index is 0.809. The number of hydrogen-bond donors (Lipinski definition) is 1. The topological polar surface area (TPSA) is 55.6 Å². The Balaban J connectivity index is 2.35. The Labute approximate surface area is 88.2 Å². The normalized spacial score (nSPS) is 10.3. The van der Waals surface area contributed by atoms with E-state index in [1.54, 1.807) is 6.33 Å². The predicted octanol–water partition coefficient (Wildman–Crippen LogP) is 1.40. The number of hydrogen-bond acceptors (Lipinski definition) is 4. The van der Waals surface area contributed by atoms with Gasteiger partial charge in [0.25, 0.3) is 0 Å². The van der Waals surface area contributed by atoms with Crippen LogP contribution >= 0.6 is 0 Å². The Bertz CT molecular complexity index is 449. The van der Waals surface area contributed by atoms with Crippen LogP contribution in [0.4, 0.5) is 5.82 Å². The van der Waals surface area contributed by atoms with Crippen molar-refractivity contribution in [1.82, 2.24) is 19.7 Å². The fourth-order valence-electron chi connectivity index (χ4n) is 1.32. The molecule has 0 bridgehead atoms. The minimum Gasteiger partial charge on any atom is -0.373 e. The molecular weight excluding hydrogens is 190 g/mol. The highest BCUT2D eigenvalue weighted by atomic mass is 15.3. The number of nitrogens with one attached hydrogen (secondary N) is 1. The SMILES string of the molecule is CCn1cc(-c2cc(NC)ncn2)cn1. The molecule has 15 heavy (non-hydrogen) atoms. The lowest BCUT2D eigenvalue weighted by atomic mass is 10.2. The summed E-state index contributed by atoms with van der Waals surface area (Å²) in [6, 6.07) is 1.90. The van der Waals surface area contributed by atoms with Gasteiger partial charge in [0.2, 0.25) is 0 Å². The van der Waals surface area contributed by atoms with Crippen LogP contribution in [0.25, 0.3) is 11.3 Å². The number of aryl methyl sites for hydroxylation is 1. The third-order valence-electron chi connectivity index (χ3n) is 2.18. The maximum atomic E-state index is 4.20. The molecule has 0 saturated carbocycles. The molecule has 0 fully saturated rings. The van der Waals surface area contributed by atoms with Gasteiger partial charge >= 0.3 is 0 Å². The van der Waals surface area contributed by atoms with Gasteiger partial charge in [-0.05, 0) is 6.92 Å². The van der Waals surface area contributed by atoms with E-state index in [1.165, 1.54) is 0 Å². The average Bonchev–Trinajstić information content (AvgIpc) is 2.78. The molecule has 78 valence electrons. The summed E-state index contributed by atoms with van der Waals surface area (Å²) in [4.78, 5) is 8.26. The monoisotopic (exact) mass is 203 g/mol. The molecule has 5 heteroatoms. The maximum Gasteiger partial charge on any atom is 0.129 e. The van der Waals surface area contributed by atoms with Crippen LogP contribution in [0.1, 0.15) is 6.92 Å². The molecule has 0 aliphatic heterocycles. The molecule has 2 rings (SSSR count). The Morgan fingerprint density at radius 2 is 2.27 bits per heavy atom. The summed E-state index contributed by atoms with van der Waals surface area (Å²) < 4.78 is 1.87. The van der Waals surface area contributed by atoms with E-state index in [9.17, 15) is 0 Å². The van der Waals surface area contributed by atoms with Gasteiger partial charge in [0.05, 0.1) is 11.9 Å².